The first-order chi connectivity index (χ1) is 14.3. The maximum Gasteiger partial charge on any atom is 0.284 e. The second kappa shape index (κ2) is 8.22. The Morgan fingerprint density at radius 1 is 1.17 bits per heavy atom. The lowest BCUT2D eigenvalue weighted by atomic mass is 9.97. The van der Waals surface area contributed by atoms with Crippen LogP contribution in [0.2, 0.25) is 5.02 Å². The van der Waals surface area contributed by atoms with E-state index in [9.17, 15) is 13.2 Å². The summed E-state index contributed by atoms with van der Waals surface area (Å²) in [5.41, 5.74) is 2.54. The van der Waals surface area contributed by atoms with Crippen LogP contribution >= 0.6 is 22.9 Å². The van der Waals surface area contributed by atoms with Crippen LogP contribution in [0.4, 0.5) is 5.69 Å². The third-order valence-corrected chi connectivity index (χ3v) is 6.30. The normalized spacial score (nSPS) is 16.4. The Bertz CT molecular complexity index is 1220. The highest BCUT2D eigenvalue weighted by molar-refractivity contribution is 7.92. The van der Waals surface area contributed by atoms with Gasteiger partial charge in [0.2, 0.25) is 10.0 Å². The number of hydrazone groups is 1. The van der Waals surface area contributed by atoms with E-state index in [1.807, 2.05) is 35.7 Å². The fraction of sp³-hybridized carbons (Fsp3) is 0.143. The summed E-state index contributed by atoms with van der Waals surface area (Å²) in [5.74, 6) is -0.210. The summed E-state index contributed by atoms with van der Waals surface area (Å²) in [6, 6.07) is 17.6. The highest BCUT2D eigenvalue weighted by Crippen LogP contribution is 2.36. The van der Waals surface area contributed by atoms with Crippen LogP contribution in [0.15, 0.2) is 71.1 Å². The van der Waals surface area contributed by atoms with Gasteiger partial charge in [-0.25, -0.2) is 13.4 Å². The monoisotopic (exact) mass is 459 g/mol. The number of sulfonamides is 1. The Morgan fingerprint density at radius 3 is 2.67 bits per heavy atom. The Kier molecular flexibility index (Phi) is 5.64. The number of halogens is 1. The van der Waals surface area contributed by atoms with E-state index in [0.29, 0.717) is 33.3 Å². The van der Waals surface area contributed by atoms with E-state index in [0.717, 1.165) is 11.8 Å². The number of para-hydroxylation sites is 1. The number of hydrogen-bond acceptors (Lipinski definition) is 5. The van der Waals surface area contributed by atoms with Gasteiger partial charge in [0, 0.05) is 17.0 Å². The largest absolute Gasteiger partial charge is 0.284 e. The third kappa shape index (κ3) is 4.40. The minimum absolute atomic E-state index is 0.210. The predicted molar refractivity (Wildman–Crippen MR) is 121 cm³/mol. The van der Waals surface area contributed by atoms with Gasteiger partial charge in [-0.15, -0.1) is 11.3 Å². The van der Waals surface area contributed by atoms with Gasteiger partial charge in [-0.3, -0.25) is 9.52 Å². The summed E-state index contributed by atoms with van der Waals surface area (Å²) in [4.78, 5) is 13.7. The average Bonchev–Trinajstić information content (AvgIpc) is 3.37. The van der Waals surface area contributed by atoms with Crippen LogP contribution in [0.25, 0.3) is 0 Å². The van der Waals surface area contributed by atoms with Crippen molar-refractivity contribution in [3.05, 3.63) is 87.1 Å². The van der Waals surface area contributed by atoms with E-state index in [1.54, 1.807) is 30.3 Å². The van der Waals surface area contributed by atoms with Crippen molar-refractivity contribution < 1.29 is 13.2 Å². The molecule has 154 valence electrons. The Hall–Kier alpha value is -2.68. The maximum absolute atomic E-state index is 13.2. The van der Waals surface area contributed by atoms with Crippen molar-refractivity contribution >= 4 is 50.3 Å². The molecule has 0 radical (unpaired) electrons. The zero-order chi connectivity index (χ0) is 21.3. The quantitative estimate of drug-likeness (QED) is 0.597. The SMILES string of the molecule is CS(=O)(=O)Nc1ccccc1C1=NN(C(=O)c2cccs2)[C@H](c2cccc(Cl)c2)C1. The Balaban J connectivity index is 1.77. The predicted octanol–water partition coefficient (Wildman–Crippen LogP) is 4.76. The van der Waals surface area contributed by atoms with E-state index in [2.05, 4.69) is 9.82 Å². The van der Waals surface area contributed by atoms with Crippen molar-refractivity contribution in [1.82, 2.24) is 5.01 Å². The molecule has 1 amide bonds. The number of benzene rings is 2. The molecule has 3 aromatic rings. The van der Waals surface area contributed by atoms with Crippen LogP contribution in [-0.4, -0.2) is 31.3 Å². The van der Waals surface area contributed by atoms with Crippen LogP contribution in [-0.2, 0) is 10.0 Å². The summed E-state index contributed by atoms with van der Waals surface area (Å²) in [6.07, 6.45) is 1.53. The maximum atomic E-state index is 13.2. The number of anilines is 1. The molecule has 6 nitrogen and oxygen atoms in total. The fourth-order valence-electron chi connectivity index (χ4n) is 3.37. The molecule has 0 spiro atoms. The smallest absolute Gasteiger partial charge is 0.283 e. The van der Waals surface area contributed by atoms with Crippen molar-refractivity contribution in [1.29, 1.82) is 0 Å². The van der Waals surface area contributed by atoms with Crippen LogP contribution in [0, 0.1) is 0 Å². The molecule has 0 saturated carbocycles. The number of thiophene rings is 1. The lowest BCUT2D eigenvalue weighted by Crippen LogP contribution is -2.26. The number of rotatable bonds is 5. The number of carbonyl (C=O) groups excluding carboxylic acids is 1. The van der Waals surface area contributed by atoms with Gasteiger partial charge >= 0.3 is 0 Å². The fourth-order valence-corrected chi connectivity index (χ4v) is 4.80. The van der Waals surface area contributed by atoms with Gasteiger partial charge in [-0.05, 0) is 35.2 Å². The first kappa shape index (κ1) is 20.6. The minimum Gasteiger partial charge on any atom is -0.283 e. The topological polar surface area (TPSA) is 78.8 Å². The molecular weight excluding hydrogens is 442 g/mol. The molecule has 9 heteroatoms. The molecule has 1 aliphatic rings. The summed E-state index contributed by atoms with van der Waals surface area (Å²) in [6.45, 7) is 0. The number of nitrogens with zero attached hydrogens (tertiary/aromatic N) is 2. The second-order valence-corrected chi connectivity index (χ2v) is 10.0. The molecule has 30 heavy (non-hydrogen) atoms. The molecule has 0 unspecified atom stereocenters. The van der Waals surface area contributed by atoms with Crippen LogP contribution < -0.4 is 4.72 Å². The number of nitrogens with one attached hydrogen (secondary N) is 1. The summed E-state index contributed by atoms with van der Waals surface area (Å²) < 4.78 is 26.1. The second-order valence-electron chi connectivity index (χ2n) is 6.87. The van der Waals surface area contributed by atoms with Gasteiger partial charge in [0.25, 0.3) is 5.91 Å². The molecule has 0 saturated heterocycles. The van der Waals surface area contributed by atoms with Crippen molar-refractivity contribution in [3.63, 3.8) is 0 Å². The lowest BCUT2D eigenvalue weighted by Gasteiger charge is -2.21. The summed E-state index contributed by atoms with van der Waals surface area (Å²) >= 11 is 7.53. The number of hydrogen-bond donors (Lipinski definition) is 1. The van der Waals surface area contributed by atoms with Crippen LogP contribution in [0.1, 0.15) is 33.3 Å². The zero-order valence-electron chi connectivity index (χ0n) is 15.9. The Morgan fingerprint density at radius 2 is 1.97 bits per heavy atom. The van der Waals surface area contributed by atoms with Gasteiger partial charge in [0.05, 0.1) is 28.6 Å². The van der Waals surface area contributed by atoms with E-state index in [4.69, 9.17) is 11.6 Å². The average molecular weight is 460 g/mol. The number of carbonyl (C=O) groups is 1. The van der Waals surface area contributed by atoms with E-state index in [-0.39, 0.29) is 11.9 Å². The highest BCUT2D eigenvalue weighted by Gasteiger charge is 2.35. The van der Waals surface area contributed by atoms with Crippen molar-refractivity contribution in [2.24, 2.45) is 5.10 Å². The zero-order valence-corrected chi connectivity index (χ0v) is 18.3. The molecule has 0 bridgehead atoms. The molecule has 2 heterocycles. The van der Waals surface area contributed by atoms with Gasteiger partial charge in [-0.1, -0.05) is 48.0 Å². The number of amides is 1. The van der Waals surface area contributed by atoms with Crippen molar-refractivity contribution in [2.75, 3.05) is 11.0 Å². The summed E-state index contributed by atoms with van der Waals surface area (Å²) in [5, 5.41) is 8.50. The first-order valence-corrected chi connectivity index (χ1v) is 12.2. The molecule has 1 atom stereocenters. The molecule has 1 aromatic heterocycles. The van der Waals surface area contributed by atoms with Gasteiger partial charge in [0.15, 0.2) is 0 Å². The van der Waals surface area contributed by atoms with E-state index in [1.165, 1.54) is 16.3 Å². The highest BCUT2D eigenvalue weighted by atomic mass is 35.5. The van der Waals surface area contributed by atoms with Gasteiger partial charge < -0.3 is 0 Å². The Labute approximate surface area is 183 Å². The molecule has 0 aliphatic carbocycles. The molecule has 1 aliphatic heterocycles. The molecule has 4 rings (SSSR count). The van der Waals surface area contributed by atoms with E-state index >= 15 is 0 Å². The standard InChI is InChI=1S/C21H18ClN3O3S2/c1-30(27,28)24-17-9-3-2-8-16(17)18-13-19(14-6-4-7-15(22)12-14)25(23-18)21(26)20-10-5-11-29-20/h2-12,19,24H,13H2,1H3/t19-/m0/s1. The molecular formula is C21H18ClN3O3S2. The van der Waals surface area contributed by atoms with Crippen molar-refractivity contribution in [2.45, 2.75) is 12.5 Å². The third-order valence-electron chi connectivity index (χ3n) is 4.62. The summed E-state index contributed by atoms with van der Waals surface area (Å²) in [7, 11) is -3.47. The van der Waals surface area contributed by atoms with Gasteiger partial charge in [-0.2, -0.15) is 5.10 Å². The van der Waals surface area contributed by atoms with E-state index < -0.39 is 10.0 Å². The first-order valence-electron chi connectivity index (χ1n) is 9.09. The van der Waals surface area contributed by atoms with Crippen molar-refractivity contribution in [3.8, 4) is 0 Å². The molecule has 2 aromatic carbocycles. The van der Waals surface area contributed by atoms with Crippen LogP contribution in [0.3, 0.4) is 0 Å². The molecule has 1 N–H and O–H groups in total. The molecule has 0 fully saturated rings. The minimum atomic E-state index is -3.47. The van der Waals surface area contributed by atoms with Crippen LogP contribution in [0.5, 0.6) is 0 Å². The van der Waals surface area contributed by atoms with Gasteiger partial charge in [0.1, 0.15) is 0 Å². The lowest BCUT2D eigenvalue weighted by molar-refractivity contribution is 0.0716.